The molecule has 8 nitrogen and oxygen atoms in total. The van der Waals surface area contributed by atoms with Crippen LogP contribution < -0.4 is 10.2 Å². The molecule has 0 rings (SSSR count). The van der Waals surface area contributed by atoms with E-state index in [-0.39, 0.29) is 19.1 Å². The number of likely N-dealkylation sites (N-methyl/N-ethyl adjacent to an activating group) is 1. The number of nitrogens with one attached hydrogen (secondary N) is 1. The number of aliphatic hydroxyl groups is 1. The van der Waals surface area contributed by atoms with Crippen molar-refractivity contribution in [1.82, 2.24) is 5.32 Å². The van der Waals surface area contributed by atoms with Crippen molar-refractivity contribution in [2.24, 2.45) is 0 Å². The van der Waals surface area contributed by atoms with Crippen LogP contribution in [-0.2, 0) is 18.4 Å². The minimum atomic E-state index is -4.57. The lowest BCUT2D eigenvalue weighted by atomic mass is 10.0. The SMILES string of the molecule is CCCCC/C=C\C/C=C\CCCCCCCCCC(=O)NC(COP(=O)([O-])OCC[N+](C)(C)C)C(O)CCCCCCCCCCCCCCCCCCCCC. The highest BCUT2D eigenvalue weighted by molar-refractivity contribution is 7.45. The predicted molar refractivity (Wildman–Crippen MR) is 247 cm³/mol. The van der Waals surface area contributed by atoms with Gasteiger partial charge in [0.2, 0.25) is 5.91 Å². The number of nitrogens with zero attached hydrogens (tertiary/aromatic N) is 1. The number of carbonyl (C=O) groups is 1. The minimum absolute atomic E-state index is 0.0113. The first-order valence-electron chi connectivity index (χ1n) is 24.7. The Morgan fingerprint density at radius 2 is 1.00 bits per heavy atom. The summed E-state index contributed by atoms with van der Waals surface area (Å²) >= 11 is 0. The van der Waals surface area contributed by atoms with Gasteiger partial charge in [-0.3, -0.25) is 9.36 Å². The molecule has 0 fully saturated rings. The first kappa shape index (κ1) is 57.0. The third-order valence-electron chi connectivity index (χ3n) is 11.2. The maximum atomic E-state index is 12.9. The number of unbranched alkanes of at least 4 members (excludes halogenated alkanes) is 28. The number of hydrogen-bond donors (Lipinski definition) is 2. The fraction of sp³-hybridized carbons (Fsp3) is 0.898. The van der Waals surface area contributed by atoms with Crippen LogP contribution in [0.15, 0.2) is 24.3 Å². The van der Waals surface area contributed by atoms with Gasteiger partial charge < -0.3 is 28.8 Å². The van der Waals surface area contributed by atoms with Gasteiger partial charge in [0.1, 0.15) is 13.2 Å². The highest BCUT2D eigenvalue weighted by atomic mass is 31.2. The molecule has 3 atom stereocenters. The first-order valence-corrected chi connectivity index (χ1v) is 26.1. The smallest absolute Gasteiger partial charge is 0.268 e. The number of phosphoric acid groups is 1. The normalized spacial score (nSPS) is 14.4. The number of carbonyl (C=O) groups excluding carboxylic acids is 1. The second-order valence-electron chi connectivity index (χ2n) is 18.2. The van der Waals surface area contributed by atoms with E-state index in [0.717, 1.165) is 51.4 Å². The lowest BCUT2D eigenvalue weighted by Crippen LogP contribution is -2.46. The van der Waals surface area contributed by atoms with Crippen molar-refractivity contribution in [1.29, 1.82) is 0 Å². The van der Waals surface area contributed by atoms with Gasteiger partial charge in [-0.15, -0.1) is 0 Å². The summed E-state index contributed by atoms with van der Waals surface area (Å²) in [6.45, 7) is 4.71. The van der Waals surface area contributed by atoms with Gasteiger partial charge in [-0.1, -0.05) is 205 Å². The molecule has 344 valence electrons. The maximum Gasteiger partial charge on any atom is 0.268 e. The number of allylic oxidation sites excluding steroid dienone is 4. The molecule has 0 heterocycles. The van der Waals surface area contributed by atoms with Crippen molar-refractivity contribution in [3.05, 3.63) is 24.3 Å². The van der Waals surface area contributed by atoms with Crippen LogP contribution in [0.2, 0.25) is 0 Å². The molecule has 2 N–H and O–H groups in total. The van der Waals surface area contributed by atoms with Crippen molar-refractivity contribution < 1.29 is 32.9 Å². The second kappa shape index (κ2) is 41.3. The molecule has 58 heavy (non-hydrogen) atoms. The van der Waals surface area contributed by atoms with Crippen LogP contribution in [0, 0.1) is 0 Å². The van der Waals surface area contributed by atoms with E-state index < -0.39 is 20.0 Å². The predicted octanol–water partition coefficient (Wildman–Crippen LogP) is 13.5. The highest BCUT2D eigenvalue weighted by Crippen LogP contribution is 2.38. The van der Waals surface area contributed by atoms with Gasteiger partial charge in [-0.05, 0) is 44.9 Å². The summed E-state index contributed by atoms with van der Waals surface area (Å²) in [5.74, 6) is -0.171. The third-order valence-corrected chi connectivity index (χ3v) is 12.2. The quantitative estimate of drug-likeness (QED) is 0.0274. The van der Waals surface area contributed by atoms with E-state index in [1.54, 1.807) is 0 Å². The van der Waals surface area contributed by atoms with Crippen molar-refractivity contribution >= 4 is 13.7 Å². The van der Waals surface area contributed by atoms with Crippen LogP contribution in [0.3, 0.4) is 0 Å². The van der Waals surface area contributed by atoms with E-state index >= 15 is 0 Å². The average Bonchev–Trinajstić information content (AvgIpc) is 3.17. The van der Waals surface area contributed by atoms with Crippen molar-refractivity contribution in [2.75, 3.05) is 40.9 Å². The number of rotatable bonds is 45. The Balaban J connectivity index is 4.29. The molecule has 9 heteroatoms. The number of hydrogen-bond acceptors (Lipinski definition) is 6. The Morgan fingerprint density at radius 3 is 1.47 bits per heavy atom. The lowest BCUT2D eigenvalue weighted by molar-refractivity contribution is -0.870. The van der Waals surface area contributed by atoms with Crippen LogP contribution >= 0.6 is 7.82 Å². The molecule has 0 saturated carbocycles. The van der Waals surface area contributed by atoms with E-state index in [9.17, 15) is 19.4 Å². The summed E-state index contributed by atoms with van der Waals surface area (Å²) in [7, 11) is 1.30. The molecule has 0 aliphatic carbocycles. The van der Waals surface area contributed by atoms with Gasteiger partial charge in [0.05, 0.1) is 39.9 Å². The van der Waals surface area contributed by atoms with Crippen molar-refractivity contribution in [3.8, 4) is 0 Å². The molecule has 0 aromatic rings. The molecule has 0 bridgehead atoms. The Labute approximate surface area is 360 Å². The summed E-state index contributed by atoms with van der Waals surface area (Å²) in [5, 5.41) is 14.0. The van der Waals surface area contributed by atoms with Gasteiger partial charge in [0.25, 0.3) is 7.82 Å². The summed E-state index contributed by atoms with van der Waals surface area (Å²) < 4.78 is 23.3. The average molecular weight is 841 g/mol. The standard InChI is InChI=1S/C49H97N2O6P/c1-6-8-10-12-14-16-18-20-22-24-25-27-28-30-32-34-36-38-40-42-48(52)47(46-57-58(54,55)56-45-44-51(3,4)5)50-49(53)43-41-39-37-35-33-31-29-26-23-21-19-17-15-13-11-9-7-2/h15,17,21,23,47-48,52H,6-14,16,18-20,22,24-46H2,1-5H3,(H-,50,53,54,55)/b17-15-,23-21-. The van der Waals surface area contributed by atoms with Gasteiger partial charge >= 0.3 is 0 Å². The molecular formula is C49H97N2O6P. The van der Waals surface area contributed by atoms with Gasteiger partial charge in [0.15, 0.2) is 0 Å². The molecular weight excluding hydrogens is 744 g/mol. The molecule has 1 amide bonds. The maximum absolute atomic E-state index is 12.9. The van der Waals surface area contributed by atoms with E-state index in [0.29, 0.717) is 23.9 Å². The van der Waals surface area contributed by atoms with E-state index in [4.69, 9.17) is 9.05 Å². The Kier molecular flexibility index (Phi) is 40.6. The molecule has 0 aliphatic rings. The van der Waals surface area contributed by atoms with Gasteiger partial charge in [0, 0.05) is 6.42 Å². The Hall–Kier alpha value is -1.02. The van der Waals surface area contributed by atoms with E-state index in [1.807, 2.05) is 21.1 Å². The fourth-order valence-electron chi connectivity index (χ4n) is 7.25. The zero-order chi connectivity index (χ0) is 42.8. The molecule has 0 radical (unpaired) electrons. The minimum Gasteiger partial charge on any atom is -0.756 e. The summed E-state index contributed by atoms with van der Waals surface area (Å²) in [5.41, 5.74) is 0. The number of phosphoric ester groups is 1. The van der Waals surface area contributed by atoms with Crippen LogP contribution in [0.5, 0.6) is 0 Å². The lowest BCUT2D eigenvalue weighted by Gasteiger charge is -2.30. The third kappa shape index (κ3) is 43.1. The van der Waals surface area contributed by atoms with Crippen LogP contribution in [0.25, 0.3) is 0 Å². The van der Waals surface area contributed by atoms with Crippen molar-refractivity contribution in [2.45, 2.75) is 244 Å². The largest absolute Gasteiger partial charge is 0.756 e. The van der Waals surface area contributed by atoms with Crippen molar-refractivity contribution in [3.63, 3.8) is 0 Å². The zero-order valence-electron chi connectivity index (χ0n) is 39.0. The van der Waals surface area contributed by atoms with E-state index in [2.05, 4.69) is 43.5 Å². The molecule has 0 aliphatic heterocycles. The topological polar surface area (TPSA) is 108 Å². The zero-order valence-corrected chi connectivity index (χ0v) is 39.9. The molecule has 0 aromatic carbocycles. The first-order chi connectivity index (χ1) is 28.0. The summed E-state index contributed by atoms with van der Waals surface area (Å²) in [6, 6.07) is -0.803. The van der Waals surface area contributed by atoms with Crippen LogP contribution in [0.4, 0.5) is 0 Å². The highest BCUT2D eigenvalue weighted by Gasteiger charge is 2.24. The van der Waals surface area contributed by atoms with Gasteiger partial charge in [-0.2, -0.15) is 0 Å². The van der Waals surface area contributed by atoms with E-state index in [1.165, 1.54) is 154 Å². The number of aliphatic hydroxyl groups excluding tert-OH is 1. The molecule has 0 saturated heterocycles. The fourth-order valence-corrected chi connectivity index (χ4v) is 7.97. The summed E-state index contributed by atoms with van der Waals surface area (Å²) in [6.07, 6.45) is 48.9. The van der Waals surface area contributed by atoms with Crippen LogP contribution in [0.1, 0.15) is 232 Å². The number of quaternary nitrogens is 1. The van der Waals surface area contributed by atoms with Crippen LogP contribution in [-0.4, -0.2) is 68.5 Å². The second-order valence-corrected chi connectivity index (χ2v) is 19.6. The Morgan fingerprint density at radius 1 is 0.603 bits per heavy atom. The summed E-state index contributed by atoms with van der Waals surface area (Å²) in [4.78, 5) is 25.4. The Bertz CT molecular complexity index is 1000. The molecule has 0 aromatic heterocycles. The monoisotopic (exact) mass is 841 g/mol. The van der Waals surface area contributed by atoms with Gasteiger partial charge in [-0.25, -0.2) is 0 Å². The number of amides is 1. The molecule has 0 spiro atoms. The molecule has 3 unspecified atom stereocenters.